The number of carboxylic acid groups (broad SMARTS) is 1. The molecule has 2 unspecified atom stereocenters. The van der Waals surface area contributed by atoms with Gasteiger partial charge in [0.25, 0.3) is 0 Å². The summed E-state index contributed by atoms with van der Waals surface area (Å²) >= 11 is 1.47. The van der Waals surface area contributed by atoms with Gasteiger partial charge in [-0.15, -0.1) is 11.3 Å². The molecule has 0 bridgehead atoms. The van der Waals surface area contributed by atoms with E-state index in [1.807, 2.05) is 24.4 Å². The summed E-state index contributed by atoms with van der Waals surface area (Å²) in [7, 11) is 0. The number of unbranched alkanes of at least 4 members (excludes halogenated alkanes) is 1. The van der Waals surface area contributed by atoms with Crippen LogP contribution in [0.15, 0.2) is 17.5 Å². The van der Waals surface area contributed by atoms with E-state index in [-0.39, 0.29) is 6.54 Å². The SMILES string of the molecule is CCCCC(NCC(O)c1cccs1)C(=O)O. The van der Waals surface area contributed by atoms with Crippen LogP contribution in [0.25, 0.3) is 0 Å². The topological polar surface area (TPSA) is 69.6 Å². The molecule has 1 aromatic heterocycles. The number of carboxylic acids is 1. The van der Waals surface area contributed by atoms with Crippen LogP contribution in [0, 0.1) is 0 Å². The molecule has 0 aliphatic rings. The van der Waals surface area contributed by atoms with Crippen molar-refractivity contribution < 1.29 is 15.0 Å². The predicted octanol–water partition coefficient (Wildman–Crippen LogP) is 2.01. The number of aliphatic hydroxyl groups excluding tert-OH is 1. The van der Waals surface area contributed by atoms with Gasteiger partial charge in [0.05, 0.1) is 0 Å². The highest BCUT2D eigenvalue weighted by Crippen LogP contribution is 2.18. The third kappa shape index (κ3) is 4.85. The minimum Gasteiger partial charge on any atom is -0.480 e. The van der Waals surface area contributed by atoms with E-state index in [1.165, 1.54) is 11.3 Å². The average molecular weight is 257 g/mol. The van der Waals surface area contributed by atoms with Gasteiger partial charge in [-0.1, -0.05) is 25.8 Å². The van der Waals surface area contributed by atoms with E-state index in [0.717, 1.165) is 17.7 Å². The highest BCUT2D eigenvalue weighted by Gasteiger charge is 2.18. The molecule has 3 N–H and O–H groups in total. The predicted molar refractivity (Wildman–Crippen MR) is 68.2 cm³/mol. The summed E-state index contributed by atoms with van der Waals surface area (Å²) in [6.07, 6.45) is 1.82. The van der Waals surface area contributed by atoms with Gasteiger partial charge < -0.3 is 15.5 Å². The Hall–Kier alpha value is -0.910. The van der Waals surface area contributed by atoms with Gasteiger partial charge in [-0.05, 0) is 17.9 Å². The third-order valence-electron chi connectivity index (χ3n) is 2.57. The molecule has 1 heterocycles. The monoisotopic (exact) mass is 257 g/mol. The molecule has 0 aliphatic heterocycles. The summed E-state index contributed by atoms with van der Waals surface area (Å²) in [5, 5.41) is 23.6. The molecule has 0 fully saturated rings. The van der Waals surface area contributed by atoms with Crippen LogP contribution in [-0.2, 0) is 4.79 Å². The van der Waals surface area contributed by atoms with Crippen LogP contribution in [0.5, 0.6) is 0 Å². The van der Waals surface area contributed by atoms with E-state index in [1.54, 1.807) is 0 Å². The van der Waals surface area contributed by atoms with Crippen molar-refractivity contribution in [2.75, 3.05) is 6.54 Å². The Labute approximate surface area is 105 Å². The Morgan fingerprint density at radius 1 is 1.59 bits per heavy atom. The second-order valence-electron chi connectivity index (χ2n) is 3.97. The highest BCUT2D eigenvalue weighted by atomic mass is 32.1. The fourth-order valence-corrected chi connectivity index (χ4v) is 2.27. The molecule has 0 aromatic carbocycles. The van der Waals surface area contributed by atoms with E-state index in [0.29, 0.717) is 6.42 Å². The van der Waals surface area contributed by atoms with Gasteiger partial charge in [-0.3, -0.25) is 4.79 Å². The maximum atomic E-state index is 11.0. The zero-order valence-corrected chi connectivity index (χ0v) is 10.7. The second kappa shape index (κ2) is 7.42. The van der Waals surface area contributed by atoms with Crippen LogP contribution in [0.2, 0.25) is 0 Å². The summed E-state index contributed by atoms with van der Waals surface area (Å²) in [6.45, 7) is 2.31. The molecule has 1 aromatic rings. The molecule has 0 saturated heterocycles. The van der Waals surface area contributed by atoms with E-state index in [9.17, 15) is 9.90 Å². The lowest BCUT2D eigenvalue weighted by atomic mass is 10.1. The number of rotatable bonds is 8. The van der Waals surface area contributed by atoms with Crippen LogP contribution in [0.3, 0.4) is 0 Å². The van der Waals surface area contributed by atoms with Crippen LogP contribution < -0.4 is 5.32 Å². The summed E-state index contributed by atoms with van der Waals surface area (Å²) < 4.78 is 0. The van der Waals surface area contributed by atoms with Crippen molar-refractivity contribution in [1.82, 2.24) is 5.32 Å². The summed E-state index contributed by atoms with van der Waals surface area (Å²) in [6, 6.07) is 3.15. The molecule has 0 radical (unpaired) electrons. The molecule has 0 saturated carbocycles. The Bertz CT molecular complexity index is 327. The summed E-state index contributed by atoms with van der Waals surface area (Å²) in [4.78, 5) is 11.8. The number of nitrogens with one attached hydrogen (secondary N) is 1. The number of aliphatic hydroxyl groups is 1. The number of thiophene rings is 1. The summed E-state index contributed by atoms with van der Waals surface area (Å²) in [5.74, 6) is -0.850. The normalized spacial score (nSPS) is 14.5. The van der Waals surface area contributed by atoms with Crippen LogP contribution >= 0.6 is 11.3 Å². The number of hydrogen-bond donors (Lipinski definition) is 3. The first-order valence-electron chi connectivity index (χ1n) is 5.82. The fraction of sp³-hybridized carbons (Fsp3) is 0.583. The van der Waals surface area contributed by atoms with Crippen LogP contribution in [0.1, 0.15) is 37.2 Å². The van der Waals surface area contributed by atoms with Crippen molar-refractivity contribution in [2.24, 2.45) is 0 Å². The van der Waals surface area contributed by atoms with E-state index in [4.69, 9.17) is 5.11 Å². The first-order valence-corrected chi connectivity index (χ1v) is 6.70. The van der Waals surface area contributed by atoms with E-state index < -0.39 is 18.1 Å². The van der Waals surface area contributed by atoms with Gasteiger partial charge in [-0.25, -0.2) is 0 Å². The molecule has 5 heteroatoms. The van der Waals surface area contributed by atoms with Gasteiger partial charge in [-0.2, -0.15) is 0 Å². The molecule has 0 spiro atoms. The zero-order valence-electron chi connectivity index (χ0n) is 9.93. The quantitative estimate of drug-likeness (QED) is 0.666. The lowest BCUT2D eigenvalue weighted by Gasteiger charge is -2.16. The van der Waals surface area contributed by atoms with Crippen molar-refractivity contribution in [3.05, 3.63) is 22.4 Å². The minimum absolute atomic E-state index is 0.279. The van der Waals surface area contributed by atoms with Crippen molar-refractivity contribution in [3.8, 4) is 0 Å². The number of hydrogen-bond acceptors (Lipinski definition) is 4. The zero-order chi connectivity index (χ0) is 12.7. The summed E-state index contributed by atoms with van der Waals surface area (Å²) in [5.41, 5.74) is 0. The molecule has 17 heavy (non-hydrogen) atoms. The maximum absolute atomic E-state index is 11.0. The minimum atomic E-state index is -0.850. The van der Waals surface area contributed by atoms with Crippen molar-refractivity contribution in [2.45, 2.75) is 38.3 Å². The average Bonchev–Trinajstić information content (AvgIpc) is 2.81. The second-order valence-corrected chi connectivity index (χ2v) is 4.95. The Morgan fingerprint density at radius 2 is 2.35 bits per heavy atom. The lowest BCUT2D eigenvalue weighted by Crippen LogP contribution is -2.38. The van der Waals surface area contributed by atoms with Crippen LogP contribution in [-0.4, -0.2) is 28.8 Å². The van der Waals surface area contributed by atoms with Gasteiger partial charge in [0.2, 0.25) is 0 Å². The highest BCUT2D eigenvalue weighted by molar-refractivity contribution is 7.10. The largest absolute Gasteiger partial charge is 0.480 e. The Morgan fingerprint density at radius 3 is 2.88 bits per heavy atom. The third-order valence-corrected chi connectivity index (χ3v) is 3.55. The smallest absolute Gasteiger partial charge is 0.320 e. The molecule has 0 aliphatic carbocycles. The van der Waals surface area contributed by atoms with Gasteiger partial charge >= 0.3 is 5.97 Å². The maximum Gasteiger partial charge on any atom is 0.320 e. The van der Waals surface area contributed by atoms with Crippen molar-refractivity contribution in [3.63, 3.8) is 0 Å². The van der Waals surface area contributed by atoms with Crippen molar-refractivity contribution >= 4 is 17.3 Å². The first kappa shape index (κ1) is 14.2. The van der Waals surface area contributed by atoms with Crippen LogP contribution in [0.4, 0.5) is 0 Å². The Kier molecular flexibility index (Phi) is 6.18. The number of carbonyl (C=O) groups is 1. The molecule has 1 rings (SSSR count). The molecule has 4 nitrogen and oxygen atoms in total. The lowest BCUT2D eigenvalue weighted by molar-refractivity contribution is -0.139. The van der Waals surface area contributed by atoms with Gasteiger partial charge in [0, 0.05) is 11.4 Å². The van der Waals surface area contributed by atoms with Gasteiger partial charge in [0.15, 0.2) is 0 Å². The molecular formula is C12H19NO3S. The molecular weight excluding hydrogens is 238 g/mol. The standard InChI is InChI=1S/C12H19NO3S/c1-2-3-5-9(12(15)16)13-8-10(14)11-6-4-7-17-11/h4,6-7,9-10,13-14H,2-3,5,8H2,1H3,(H,15,16). The Balaban J connectivity index is 2.38. The fourth-order valence-electron chi connectivity index (χ4n) is 1.56. The molecule has 2 atom stereocenters. The molecule has 0 amide bonds. The van der Waals surface area contributed by atoms with Crippen molar-refractivity contribution in [1.29, 1.82) is 0 Å². The number of aliphatic carboxylic acids is 1. The molecule has 96 valence electrons. The first-order chi connectivity index (χ1) is 8.15. The van der Waals surface area contributed by atoms with E-state index in [2.05, 4.69) is 5.32 Å². The van der Waals surface area contributed by atoms with E-state index >= 15 is 0 Å². The van der Waals surface area contributed by atoms with Gasteiger partial charge in [0.1, 0.15) is 12.1 Å².